The van der Waals surface area contributed by atoms with Gasteiger partial charge in [0.25, 0.3) is 0 Å². The minimum atomic E-state index is -3.83. The third-order valence-electron chi connectivity index (χ3n) is 5.19. The summed E-state index contributed by atoms with van der Waals surface area (Å²) in [6.07, 6.45) is 1.31. The van der Waals surface area contributed by atoms with E-state index >= 15 is 0 Å². The monoisotopic (exact) mass is 507 g/mol. The lowest BCUT2D eigenvalue weighted by molar-refractivity contribution is -0.141. The highest BCUT2D eigenvalue weighted by Crippen LogP contribution is 2.23. The van der Waals surface area contributed by atoms with E-state index in [1.54, 1.807) is 31.2 Å². The maximum absolute atomic E-state index is 13.6. The van der Waals surface area contributed by atoms with Gasteiger partial charge in [-0.3, -0.25) is 13.9 Å². The van der Waals surface area contributed by atoms with Gasteiger partial charge in [-0.05, 0) is 69.2 Å². The fraction of sp³-hybridized carbons (Fsp3) is 0.440. The number of methoxy groups -OCH3 is 1. The van der Waals surface area contributed by atoms with Gasteiger partial charge in [0.15, 0.2) is 0 Å². The molecule has 0 fully saturated rings. The van der Waals surface area contributed by atoms with E-state index in [9.17, 15) is 22.4 Å². The Labute approximate surface area is 207 Å². The molecule has 0 aliphatic heterocycles. The van der Waals surface area contributed by atoms with E-state index in [1.807, 2.05) is 20.8 Å². The van der Waals surface area contributed by atoms with Crippen LogP contribution in [0.4, 0.5) is 10.1 Å². The molecule has 2 aromatic carbocycles. The van der Waals surface area contributed by atoms with Crippen LogP contribution in [0.25, 0.3) is 0 Å². The zero-order valence-corrected chi connectivity index (χ0v) is 21.9. The average Bonchev–Trinajstić information content (AvgIpc) is 2.76. The molecular weight excluding hydrogens is 473 g/mol. The first-order valence-corrected chi connectivity index (χ1v) is 13.1. The van der Waals surface area contributed by atoms with Crippen molar-refractivity contribution in [3.63, 3.8) is 0 Å². The molecule has 1 N–H and O–H groups in total. The summed E-state index contributed by atoms with van der Waals surface area (Å²) in [5.74, 6) is -0.805. The Balaban J connectivity index is 2.44. The Morgan fingerprint density at radius 3 is 2.09 bits per heavy atom. The van der Waals surface area contributed by atoms with Crippen LogP contribution in [0.3, 0.4) is 0 Å². The summed E-state index contributed by atoms with van der Waals surface area (Å²) in [4.78, 5) is 28.0. The van der Waals surface area contributed by atoms with Crippen LogP contribution in [0.2, 0.25) is 0 Å². The molecule has 1 atom stereocenters. The Morgan fingerprint density at radius 2 is 1.63 bits per heavy atom. The van der Waals surface area contributed by atoms with Crippen molar-refractivity contribution >= 4 is 27.5 Å². The molecule has 0 bridgehead atoms. The van der Waals surface area contributed by atoms with Gasteiger partial charge in [-0.15, -0.1) is 0 Å². The van der Waals surface area contributed by atoms with Gasteiger partial charge >= 0.3 is 0 Å². The summed E-state index contributed by atoms with van der Waals surface area (Å²) in [5.41, 5.74) is 0.365. The summed E-state index contributed by atoms with van der Waals surface area (Å²) in [6, 6.07) is 11.0. The molecule has 10 heteroatoms. The first kappa shape index (κ1) is 28.1. The molecule has 0 aromatic heterocycles. The zero-order valence-electron chi connectivity index (χ0n) is 21.0. The van der Waals surface area contributed by atoms with Gasteiger partial charge in [0.1, 0.15) is 24.2 Å². The number of halogens is 1. The van der Waals surface area contributed by atoms with Gasteiger partial charge in [0.05, 0.1) is 19.1 Å². The minimum absolute atomic E-state index is 0.00932. The van der Waals surface area contributed by atoms with Crippen LogP contribution in [-0.2, 0) is 26.2 Å². The Bertz CT molecular complexity index is 1110. The van der Waals surface area contributed by atoms with Crippen molar-refractivity contribution in [1.82, 2.24) is 10.2 Å². The molecule has 35 heavy (non-hydrogen) atoms. The number of anilines is 1. The maximum atomic E-state index is 13.6. The number of nitrogens with one attached hydrogen (secondary N) is 1. The van der Waals surface area contributed by atoms with E-state index in [1.165, 1.54) is 36.3 Å². The van der Waals surface area contributed by atoms with Crippen molar-refractivity contribution < 1.29 is 27.1 Å². The van der Waals surface area contributed by atoms with Crippen molar-refractivity contribution in [1.29, 1.82) is 0 Å². The highest BCUT2D eigenvalue weighted by molar-refractivity contribution is 7.92. The second-order valence-corrected chi connectivity index (χ2v) is 11.2. The quantitative estimate of drug-likeness (QED) is 0.532. The van der Waals surface area contributed by atoms with Crippen molar-refractivity contribution in [2.75, 3.05) is 24.2 Å². The molecule has 0 aliphatic carbocycles. The van der Waals surface area contributed by atoms with Gasteiger partial charge in [0.2, 0.25) is 21.8 Å². The fourth-order valence-electron chi connectivity index (χ4n) is 3.52. The predicted octanol–water partition coefficient (Wildman–Crippen LogP) is 3.32. The lowest BCUT2D eigenvalue weighted by Crippen LogP contribution is -2.55. The molecule has 192 valence electrons. The van der Waals surface area contributed by atoms with Crippen LogP contribution in [0.5, 0.6) is 5.75 Å². The highest BCUT2D eigenvalue weighted by atomic mass is 32.2. The first-order valence-electron chi connectivity index (χ1n) is 11.2. The summed E-state index contributed by atoms with van der Waals surface area (Å²) < 4.78 is 44.8. The second-order valence-electron chi connectivity index (χ2n) is 9.28. The van der Waals surface area contributed by atoms with Crippen LogP contribution in [-0.4, -0.2) is 56.6 Å². The number of nitrogens with zero attached hydrogens (tertiary/aromatic N) is 2. The summed E-state index contributed by atoms with van der Waals surface area (Å²) in [7, 11) is -2.34. The van der Waals surface area contributed by atoms with Gasteiger partial charge in [-0.2, -0.15) is 0 Å². The Kier molecular flexibility index (Phi) is 9.25. The van der Waals surface area contributed by atoms with Gasteiger partial charge in [0, 0.05) is 12.1 Å². The molecule has 0 saturated heterocycles. The number of hydrogen-bond donors (Lipinski definition) is 1. The molecule has 0 spiro atoms. The van der Waals surface area contributed by atoms with E-state index in [4.69, 9.17) is 4.74 Å². The number of rotatable bonds is 10. The lowest BCUT2D eigenvalue weighted by atomic mass is 10.1. The zero-order chi connectivity index (χ0) is 26.4. The number of carbonyl (C=O) groups excluding carboxylic acids is 2. The summed E-state index contributed by atoms with van der Waals surface area (Å²) >= 11 is 0. The largest absolute Gasteiger partial charge is 0.497 e. The molecule has 8 nitrogen and oxygen atoms in total. The topological polar surface area (TPSA) is 96.0 Å². The van der Waals surface area contributed by atoms with Crippen LogP contribution < -0.4 is 14.4 Å². The third kappa shape index (κ3) is 8.24. The van der Waals surface area contributed by atoms with Gasteiger partial charge < -0.3 is 15.0 Å². The molecule has 0 unspecified atom stereocenters. The second kappa shape index (κ2) is 11.5. The Morgan fingerprint density at radius 1 is 1.06 bits per heavy atom. The number of amides is 2. The highest BCUT2D eigenvalue weighted by Gasteiger charge is 2.33. The SMILES string of the molecule is CC[C@H](C(=O)NC(C)(C)C)N(Cc1ccc(F)cc1)C(=O)CN(c1ccc(OC)cc1)S(C)(=O)=O. The average molecular weight is 508 g/mol. The standard InChI is InChI=1S/C25H34FN3O5S/c1-7-22(24(31)27-25(2,3)4)28(16-18-8-10-19(26)11-9-18)23(30)17-29(35(6,32)33)20-12-14-21(34-5)15-13-20/h8-15,22H,7,16-17H2,1-6H3,(H,27,31)/t22-/m1/s1. The van der Waals surface area contributed by atoms with E-state index in [0.717, 1.165) is 10.6 Å². The smallest absolute Gasteiger partial charge is 0.244 e. The van der Waals surface area contributed by atoms with Gasteiger partial charge in [-0.1, -0.05) is 19.1 Å². The number of hydrogen-bond acceptors (Lipinski definition) is 5. The van der Waals surface area contributed by atoms with Crippen LogP contribution in [0.1, 0.15) is 39.7 Å². The normalized spacial score (nSPS) is 12.5. The van der Waals surface area contributed by atoms with Crippen molar-refractivity contribution in [3.05, 3.63) is 59.9 Å². The molecule has 0 saturated carbocycles. The van der Waals surface area contributed by atoms with Crippen molar-refractivity contribution in [2.24, 2.45) is 0 Å². The molecule has 0 radical (unpaired) electrons. The minimum Gasteiger partial charge on any atom is -0.497 e. The third-order valence-corrected chi connectivity index (χ3v) is 6.33. The lowest BCUT2D eigenvalue weighted by Gasteiger charge is -2.34. The number of sulfonamides is 1. The molecule has 0 heterocycles. The summed E-state index contributed by atoms with van der Waals surface area (Å²) in [5, 5.41) is 2.89. The predicted molar refractivity (Wildman–Crippen MR) is 134 cm³/mol. The van der Waals surface area contributed by atoms with E-state index in [2.05, 4.69) is 5.32 Å². The first-order chi connectivity index (χ1) is 16.2. The molecule has 0 aliphatic rings. The molecule has 2 rings (SSSR count). The number of benzene rings is 2. The van der Waals surface area contributed by atoms with E-state index < -0.39 is 39.9 Å². The Hall–Kier alpha value is -3.14. The van der Waals surface area contributed by atoms with Crippen molar-refractivity contribution in [3.8, 4) is 5.75 Å². The summed E-state index contributed by atoms with van der Waals surface area (Å²) in [6.45, 7) is 6.77. The van der Waals surface area contributed by atoms with Crippen LogP contribution in [0.15, 0.2) is 48.5 Å². The molecule has 2 amide bonds. The van der Waals surface area contributed by atoms with E-state index in [0.29, 0.717) is 17.7 Å². The molecular formula is C25H34FN3O5S. The number of carbonyl (C=O) groups is 2. The van der Waals surface area contributed by atoms with E-state index in [-0.39, 0.29) is 18.1 Å². The molecule has 2 aromatic rings. The van der Waals surface area contributed by atoms with Crippen molar-refractivity contribution in [2.45, 2.75) is 52.2 Å². The van der Waals surface area contributed by atoms with Gasteiger partial charge in [-0.25, -0.2) is 12.8 Å². The fourth-order valence-corrected chi connectivity index (χ4v) is 4.37. The van der Waals surface area contributed by atoms with Crippen LogP contribution >= 0.6 is 0 Å². The van der Waals surface area contributed by atoms with Crippen LogP contribution in [0, 0.1) is 5.82 Å². The number of ether oxygens (including phenoxy) is 1. The maximum Gasteiger partial charge on any atom is 0.244 e.